The predicted octanol–water partition coefficient (Wildman–Crippen LogP) is 1.82. The average Bonchev–Trinajstić information content (AvgIpc) is 2.74. The molecule has 15 heavy (non-hydrogen) atoms. The lowest BCUT2D eigenvalue weighted by atomic mass is 10.2. The van der Waals surface area contributed by atoms with Crippen LogP contribution in [-0.4, -0.2) is 19.7 Å². The van der Waals surface area contributed by atoms with Crippen molar-refractivity contribution >= 4 is 10.9 Å². The molecular weight excluding hydrogens is 188 g/mol. The number of hydrogen-bond acceptors (Lipinski definition) is 3. The third-order valence-electron chi connectivity index (χ3n) is 2.27. The van der Waals surface area contributed by atoms with Crippen molar-refractivity contribution in [3.63, 3.8) is 0 Å². The van der Waals surface area contributed by atoms with Gasteiger partial charge in [-0.2, -0.15) is 5.10 Å². The van der Waals surface area contributed by atoms with E-state index in [0.29, 0.717) is 0 Å². The maximum Gasteiger partial charge on any atom is 0.115 e. The van der Waals surface area contributed by atoms with Crippen LogP contribution in [0.5, 0.6) is 0 Å². The fourth-order valence-corrected chi connectivity index (χ4v) is 1.58. The van der Waals surface area contributed by atoms with Gasteiger partial charge in [-0.25, -0.2) is 14.6 Å². The highest BCUT2D eigenvalue weighted by atomic mass is 15.3. The summed E-state index contributed by atoms with van der Waals surface area (Å²) >= 11 is 0. The second-order valence-corrected chi connectivity index (χ2v) is 3.21. The Morgan fingerprint density at radius 1 is 0.933 bits per heavy atom. The van der Waals surface area contributed by atoms with Crippen molar-refractivity contribution in [3.05, 3.63) is 49.2 Å². The van der Waals surface area contributed by atoms with Gasteiger partial charge in [-0.05, 0) is 6.07 Å². The minimum Gasteiger partial charge on any atom is -0.243 e. The number of rotatable bonds is 1. The highest BCUT2D eigenvalue weighted by Crippen LogP contribution is 2.16. The smallest absolute Gasteiger partial charge is 0.115 e. The largest absolute Gasteiger partial charge is 0.243 e. The molecule has 0 saturated carbocycles. The van der Waals surface area contributed by atoms with Crippen LogP contribution in [0.4, 0.5) is 0 Å². The molecule has 2 heterocycles. The molecule has 0 aliphatic heterocycles. The first-order valence-corrected chi connectivity index (χ1v) is 4.63. The number of fused-ring (bicyclic) bond motifs is 1. The maximum atomic E-state index is 4.30. The van der Waals surface area contributed by atoms with E-state index in [4.69, 9.17) is 0 Å². The van der Waals surface area contributed by atoms with Gasteiger partial charge in [-0.1, -0.05) is 18.2 Å². The highest BCUT2D eigenvalue weighted by Gasteiger charge is 2.03. The van der Waals surface area contributed by atoms with Gasteiger partial charge >= 0.3 is 0 Å². The summed E-state index contributed by atoms with van der Waals surface area (Å²) in [5.74, 6) is 0. The van der Waals surface area contributed by atoms with Crippen molar-refractivity contribution in [2.45, 2.75) is 0 Å². The van der Waals surface area contributed by atoms with Gasteiger partial charge in [0.25, 0.3) is 0 Å². The molecule has 3 rings (SSSR count). The van der Waals surface area contributed by atoms with Crippen molar-refractivity contribution in [2.75, 3.05) is 0 Å². The van der Waals surface area contributed by atoms with E-state index >= 15 is 0 Å². The summed E-state index contributed by atoms with van der Waals surface area (Å²) in [4.78, 5) is 7.95. The maximum absolute atomic E-state index is 4.30. The molecule has 2 aromatic heterocycles. The van der Waals surface area contributed by atoms with Crippen molar-refractivity contribution in [2.24, 2.45) is 0 Å². The van der Waals surface area contributed by atoms with Crippen LogP contribution in [0.3, 0.4) is 0 Å². The molecule has 4 nitrogen and oxygen atoms in total. The number of benzene rings is 1. The van der Waals surface area contributed by atoms with E-state index in [1.165, 1.54) is 6.33 Å². The van der Waals surface area contributed by atoms with E-state index < -0.39 is 0 Å². The monoisotopic (exact) mass is 196 g/mol. The Morgan fingerprint density at radius 3 is 2.60 bits per heavy atom. The Kier molecular flexibility index (Phi) is 1.71. The molecule has 4 heteroatoms. The van der Waals surface area contributed by atoms with Gasteiger partial charge in [0.05, 0.1) is 24.1 Å². The summed E-state index contributed by atoms with van der Waals surface area (Å²) in [7, 11) is 0. The van der Waals surface area contributed by atoms with E-state index in [1.807, 2.05) is 35.1 Å². The van der Waals surface area contributed by atoms with Gasteiger partial charge in [0.1, 0.15) is 12.0 Å². The third kappa shape index (κ3) is 1.27. The van der Waals surface area contributed by atoms with E-state index in [-0.39, 0.29) is 0 Å². The van der Waals surface area contributed by atoms with Crippen LogP contribution in [-0.2, 0) is 0 Å². The Hall–Kier alpha value is -2.23. The normalized spacial score (nSPS) is 10.7. The summed E-state index contributed by atoms with van der Waals surface area (Å²) in [6.45, 7) is 0. The summed E-state index contributed by atoms with van der Waals surface area (Å²) in [6, 6.07) is 8.04. The van der Waals surface area contributed by atoms with Crippen LogP contribution in [0.25, 0.3) is 16.6 Å². The van der Waals surface area contributed by atoms with Gasteiger partial charge in [0.2, 0.25) is 0 Å². The fourth-order valence-electron chi connectivity index (χ4n) is 1.58. The molecule has 72 valence electrons. The number of hydrogen-bond donors (Lipinski definition) is 0. The molecule has 0 aliphatic carbocycles. The lowest BCUT2D eigenvalue weighted by molar-refractivity contribution is 0.891. The first kappa shape index (κ1) is 8.11. The number of aromatic nitrogens is 4. The van der Waals surface area contributed by atoms with E-state index in [1.54, 1.807) is 12.4 Å². The second kappa shape index (κ2) is 3.16. The Labute approximate surface area is 86.2 Å². The summed E-state index contributed by atoms with van der Waals surface area (Å²) in [6.07, 6.45) is 6.83. The first-order chi connectivity index (χ1) is 7.45. The van der Waals surface area contributed by atoms with Gasteiger partial charge in [0.15, 0.2) is 0 Å². The molecule has 3 aromatic rings. The highest BCUT2D eigenvalue weighted by molar-refractivity contribution is 5.79. The summed E-state index contributed by atoms with van der Waals surface area (Å²) < 4.78 is 1.83. The van der Waals surface area contributed by atoms with Gasteiger partial charge in [-0.3, -0.25) is 0 Å². The van der Waals surface area contributed by atoms with Crippen molar-refractivity contribution in [3.8, 4) is 5.69 Å². The molecule has 0 N–H and O–H groups in total. The van der Waals surface area contributed by atoms with E-state index in [0.717, 1.165) is 16.6 Å². The van der Waals surface area contributed by atoms with E-state index in [2.05, 4.69) is 15.1 Å². The SMILES string of the molecule is c1ccc2c(c1)cnn2-c1cncnc1. The molecule has 0 fully saturated rings. The quantitative estimate of drug-likeness (QED) is 0.596. The van der Waals surface area contributed by atoms with Crippen LogP contribution >= 0.6 is 0 Å². The average molecular weight is 196 g/mol. The molecule has 0 saturated heterocycles. The molecule has 0 atom stereocenters. The molecule has 0 aliphatic rings. The van der Waals surface area contributed by atoms with Crippen molar-refractivity contribution in [1.82, 2.24) is 19.7 Å². The topological polar surface area (TPSA) is 43.6 Å². The van der Waals surface area contributed by atoms with Crippen molar-refractivity contribution in [1.29, 1.82) is 0 Å². The van der Waals surface area contributed by atoms with Gasteiger partial charge < -0.3 is 0 Å². The Balaban J connectivity index is 2.28. The van der Waals surface area contributed by atoms with Gasteiger partial charge in [-0.15, -0.1) is 0 Å². The zero-order valence-corrected chi connectivity index (χ0v) is 7.91. The zero-order valence-electron chi connectivity index (χ0n) is 7.91. The lowest BCUT2D eigenvalue weighted by Crippen LogP contribution is -1.96. The minimum atomic E-state index is 0.874. The Bertz CT molecular complexity index is 586. The third-order valence-corrected chi connectivity index (χ3v) is 2.27. The van der Waals surface area contributed by atoms with Crippen LogP contribution in [0.2, 0.25) is 0 Å². The Morgan fingerprint density at radius 2 is 1.73 bits per heavy atom. The first-order valence-electron chi connectivity index (χ1n) is 4.63. The van der Waals surface area contributed by atoms with E-state index in [9.17, 15) is 0 Å². The lowest BCUT2D eigenvalue weighted by Gasteiger charge is -2.00. The van der Waals surface area contributed by atoms with Crippen LogP contribution in [0.15, 0.2) is 49.2 Å². The molecule has 0 spiro atoms. The van der Waals surface area contributed by atoms with Crippen molar-refractivity contribution < 1.29 is 0 Å². The van der Waals surface area contributed by atoms with Crippen LogP contribution < -0.4 is 0 Å². The second-order valence-electron chi connectivity index (χ2n) is 3.21. The predicted molar refractivity (Wildman–Crippen MR) is 56.7 cm³/mol. The number of nitrogens with zero attached hydrogens (tertiary/aromatic N) is 4. The molecule has 0 radical (unpaired) electrons. The standard InChI is InChI=1S/C11H8N4/c1-2-4-11-9(3-1)5-14-15(11)10-6-12-8-13-7-10/h1-8H. The molecule has 0 unspecified atom stereocenters. The molecule has 0 bridgehead atoms. The zero-order chi connectivity index (χ0) is 10.1. The number of para-hydroxylation sites is 1. The van der Waals surface area contributed by atoms with Crippen LogP contribution in [0.1, 0.15) is 0 Å². The van der Waals surface area contributed by atoms with Crippen LogP contribution in [0, 0.1) is 0 Å². The fraction of sp³-hybridized carbons (Fsp3) is 0. The molecule has 1 aromatic carbocycles. The molecule has 0 amide bonds. The van der Waals surface area contributed by atoms with Gasteiger partial charge in [0, 0.05) is 5.39 Å². The molecular formula is C11H8N4. The summed E-state index contributed by atoms with van der Waals surface area (Å²) in [5.41, 5.74) is 1.94. The minimum absolute atomic E-state index is 0.874. The summed E-state index contributed by atoms with van der Waals surface area (Å²) in [5, 5.41) is 5.41.